The third-order valence-electron chi connectivity index (χ3n) is 8.95. The SMILES string of the molecule is Cn1c(=O)n(C)c2cc(N3CCOc4nc(-c5ccc(C(=O)NCC#Cc6ccc7nnn(C8CCC(=O)NC8=O)c7c6)nc5)ncc43)ccc21. The maximum atomic E-state index is 12.8. The molecule has 0 bridgehead atoms. The molecule has 2 aliphatic heterocycles. The lowest BCUT2D eigenvalue weighted by Crippen LogP contribution is -2.42. The van der Waals surface area contributed by atoms with Crippen molar-refractivity contribution in [2.75, 3.05) is 24.6 Å². The number of carbonyl (C=O) groups is 3. The van der Waals surface area contributed by atoms with Gasteiger partial charge in [-0.3, -0.25) is 33.8 Å². The van der Waals surface area contributed by atoms with Gasteiger partial charge in [-0.25, -0.2) is 14.5 Å². The zero-order chi connectivity index (χ0) is 35.2. The largest absolute Gasteiger partial charge is 0.474 e. The first kappa shape index (κ1) is 31.4. The average Bonchev–Trinajstić information content (AvgIpc) is 3.66. The minimum absolute atomic E-state index is 0.0697. The highest BCUT2D eigenvalue weighted by atomic mass is 16.5. The van der Waals surface area contributed by atoms with Gasteiger partial charge in [0.2, 0.25) is 11.8 Å². The number of fused-ring (bicyclic) bond motifs is 3. The molecule has 1 atom stereocenters. The van der Waals surface area contributed by atoms with E-state index in [2.05, 4.69) is 52.6 Å². The van der Waals surface area contributed by atoms with Crippen molar-refractivity contribution in [3.8, 4) is 29.1 Å². The molecule has 254 valence electrons. The predicted octanol–water partition coefficient (Wildman–Crippen LogP) is 1.76. The molecule has 8 rings (SSSR count). The highest BCUT2D eigenvalue weighted by Gasteiger charge is 2.30. The lowest BCUT2D eigenvalue weighted by Gasteiger charge is -2.30. The van der Waals surface area contributed by atoms with E-state index in [0.717, 1.165) is 16.7 Å². The molecule has 2 N–H and O–H groups in total. The summed E-state index contributed by atoms with van der Waals surface area (Å²) in [4.78, 5) is 64.7. The van der Waals surface area contributed by atoms with Crippen molar-refractivity contribution in [3.63, 3.8) is 0 Å². The summed E-state index contributed by atoms with van der Waals surface area (Å²) in [5.41, 5.74) is 5.84. The van der Waals surface area contributed by atoms with Crippen molar-refractivity contribution in [1.82, 2.24) is 49.7 Å². The molecule has 1 saturated heterocycles. The number of pyridine rings is 1. The maximum absolute atomic E-state index is 12.8. The third kappa shape index (κ3) is 5.69. The second-order valence-corrected chi connectivity index (χ2v) is 12.1. The second-order valence-electron chi connectivity index (χ2n) is 12.1. The van der Waals surface area contributed by atoms with Gasteiger partial charge in [0, 0.05) is 43.5 Å². The fourth-order valence-corrected chi connectivity index (χ4v) is 6.26. The number of benzene rings is 2. The Morgan fingerprint density at radius 1 is 1.00 bits per heavy atom. The maximum Gasteiger partial charge on any atom is 0.328 e. The molecule has 0 radical (unpaired) electrons. The number of nitrogens with one attached hydrogen (secondary N) is 2. The van der Waals surface area contributed by atoms with E-state index in [1.165, 1.54) is 10.9 Å². The lowest BCUT2D eigenvalue weighted by molar-refractivity contribution is -0.135. The van der Waals surface area contributed by atoms with Crippen molar-refractivity contribution in [2.24, 2.45) is 14.1 Å². The molecule has 51 heavy (non-hydrogen) atoms. The molecule has 4 aromatic heterocycles. The van der Waals surface area contributed by atoms with Crippen LogP contribution in [0.2, 0.25) is 0 Å². The summed E-state index contributed by atoms with van der Waals surface area (Å²) >= 11 is 0. The minimum Gasteiger partial charge on any atom is -0.474 e. The molecule has 3 amide bonds. The average molecular weight is 684 g/mol. The molecular weight excluding hydrogens is 654 g/mol. The van der Waals surface area contributed by atoms with Gasteiger partial charge in [0.1, 0.15) is 29.5 Å². The van der Waals surface area contributed by atoms with E-state index in [1.807, 2.05) is 18.2 Å². The lowest BCUT2D eigenvalue weighted by atomic mass is 10.1. The van der Waals surface area contributed by atoms with Crippen LogP contribution in [0.4, 0.5) is 11.4 Å². The summed E-state index contributed by atoms with van der Waals surface area (Å²) < 4.78 is 10.6. The van der Waals surface area contributed by atoms with Crippen LogP contribution in [0, 0.1) is 11.8 Å². The van der Waals surface area contributed by atoms with Crippen LogP contribution in [0.3, 0.4) is 0 Å². The number of aryl methyl sites for hydroxylation is 2. The number of rotatable bonds is 5. The Labute approximate surface area is 289 Å². The van der Waals surface area contributed by atoms with Gasteiger partial charge in [-0.15, -0.1) is 5.10 Å². The topological polar surface area (TPSA) is 184 Å². The first-order valence-electron chi connectivity index (χ1n) is 16.1. The van der Waals surface area contributed by atoms with E-state index in [4.69, 9.17) is 4.74 Å². The third-order valence-corrected chi connectivity index (χ3v) is 8.95. The first-order chi connectivity index (χ1) is 24.7. The Balaban J connectivity index is 0.926. The van der Waals surface area contributed by atoms with Gasteiger partial charge in [-0.05, 0) is 55.0 Å². The van der Waals surface area contributed by atoms with Crippen LogP contribution in [-0.2, 0) is 23.7 Å². The molecule has 0 saturated carbocycles. The summed E-state index contributed by atoms with van der Waals surface area (Å²) in [5, 5.41) is 13.3. The molecule has 16 heteroatoms. The molecule has 16 nitrogen and oxygen atoms in total. The molecular formula is C35H29N11O5. The van der Waals surface area contributed by atoms with E-state index in [0.29, 0.717) is 59.1 Å². The summed E-state index contributed by atoms with van der Waals surface area (Å²) in [6.07, 6.45) is 3.79. The number of aromatic nitrogens is 8. The molecule has 1 unspecified atom stereocenters. The predicted molar refractivity (Wildman–Crippen MR) is 184 cm³/mol. The molecule has 2 aliphatic rings. The monoisotopic (exact) mass is 683 g/mol. The van der Waals surface area contributed by atoms with Crippen LogP contribution in [0.15, 0.2) is 65.7 Å². The molecule has 6 heterocycles. The minimum atomic E-state index is -0.632. The number of amides is 3. The fourth-order valence-electron chi connectivity index (χ4n) is 6.26. The van der Waals surface area contributed by atoms with Gasteiger partial charge in [0.25, 0.3) is 11.8 Å². The summed E-state index contributed by atoms with van der Waals surface area (Å²) in [6.45, 7) is 1.06. The Kier molecular flexibility index (Phi) is 7.71. The van der Waals surface area contributed by atoms with Crippen molar-refractivity contribution in [3.05, 3.63) is 82.7 Å². The molecule has 6 aromatic rings. The number of imide groups is 1. The molecule has 1 fully saturated rings. The van der Waals surface area contributed by atoms with Crippen molar-refractivity contribution < 1.29 is 19.1 Å². The normalized spacial score (nSPS) is 15.6. The quantitative estimate of drug-likeness (QED) is 0.199. The van der Waals surface area contributed by atoms with E-state index in [1.54, 1.807) is 59.8 Å². The number of piperidine rings is 1. The van der Waals surface area contributed by atoms with Crippen LogP contribution in [-0.4, -0.2) is 76.5 Å². The number of hydrogen-bond donors (Lipinski definition) is 2. The van der Waals surface area contributed by atoms with Gasteiger partial charge in [0.15, 0.2) is 5.82 Å². The van der Waals surface area contributed by atoms with Crippen LogP contribution in [0.1, 0.15) is 34.9 Å². The molecule has 0 aliphatic carbocycles. The highest BCUT2D eigenvalue weighted by Crippen LogP contribution is 2.36. The van der Waals surface area contributed by atoms with Gasteiger partial charge in [-0.1, -0.05) is 17.1 Å². The summed E-state index contributed by atoms with van der Waals surface area (Å²) in [7, 11) is 3.50. The second kappa shape index (κ2) is 12.5. The number of ether oxygens (including phenoxy) is 1. The van der Waals surface area contributed by atoms with E-state index in [9.17, 15) is 19.2 Å². The van der Waals surface area contributed by atoms with Gasteiger partial charge in [0.05, 0.1) is 35.8 Å². The van der Waals surface area contributed by atoms with E-state index in [-0.39, 0.29) is 30.3 Å². The number of nitrogens with zero attached hydrogens (tertiary/aromatic N) is 9. The Bertz CT molecular complexity index is 2520. The Morgan fingerprint density at radius 3 is 2.69 bits per heavy atom. The number of anilines is 2. The zero-order valence-corrected chi connectivity index (χ0v) is 27.5. The standard InChI is InChI=1S/C35H29N11O5/c1-43-25-10-7-22(17-28(25)44(2)35(43)50)45-14-15-51-34-29(45)19-38-31(40-34)21-6-9-24(37-18-21)32(48)36-13-3-4-20-5-8-23-27(16-20)46(42-41-23)26-11-12-30(47)39-33(26)49/h5-10,16-19,26H,11-15H2,1-2H3,(H,36,48)(H,39,47,49). The Hall–Kier alpha value is -6.89. The van der Waals surface area contributed by atoms with Gasteiger partial charge in [-0.2, -0.15) is 4.98 Å². The molecule has 0 spiro atoms. The summed E-state index contributed by atoms with van der Waals surface area (Å²) in [6, 6.07) is 13.8. The smallest absolute Gasteiger partial charge is 0.328 e. The van der Waals surface area contributed by atoms with E-state index >= 15 is 0 Å². The number of carbonyl (C=O) groups excluding carboxylic acids is 3. The van der Waals surface area contributed by atoms with Crippen LogP contribution in [0.5, 0.6) is 5.88 Å². The van der Waals surface area contributed by atoms with Crippen LogP contribution in [0.25, 0.3) is 33.5 Å². The van der Waals surface area contributed by atoms with Gasteiger partial charge >= 0.3 is 5.69 Å². The van der Waals surface area contributed by atoms with Crippen molar-refractivity contribution >= 4 is 51.2 Å². The summed E-state index contributed by atoms with van der Waals surface area (Å²) in [5.74, 6) is 5.64. The zero-order valence-electron chi connectivity index (χ0n) is 27.5. The van der Waals surface area contributed by atoms with Crippen molar-refractivity contribution in [2.45, 2.75) is 18.9 Å². The highest BCUT2D eigenvalue weighted by molar-refractivity contribution is 6.00. The Morgan fingerprint density at radius 2 is 1.86 bits per heavy atom. The van der Waals surface area contributed by atoms with Crippen LogP contribution >= 0.6 is 0 Å². The van der Waals surface area contributed by atoms with Crippen molar-refractivity contribution in [1.29, 1.82) is 0 Å². The fraction of sp³-hybridized carbons (Fsp3) is 0.229. The number of hydrogen-bond acceptors (Lipinski definition) is 11. The first-order valence-corrected chi connectivity index (χ1v) is 16.1. The molecule has 2 aromatic carbocycles. The van der Waals surface area contributed by atoms with E-state index < -0.39 is 17.9 Å². The van der Waals surface area contributed by atoms with Gasteiger partial charge < -0.3 is 15.0 Å². The number of imidazole rings is 1. The van der Waals surface area contributed by atoms with Crippen LogP contribution < -0.4 is 26.0 Å².